The van der Waals surface area contributed by atoms with Crippen LogP contribution in [0.15, 0.2) is 94.1 Å². The quantitative estimate of drug-likeness (QED) is 0.310. The maximum atomic E-state index is 12.8. The summed E-state index contributed by atoms with van der Waals surface area (Å²) < 4.78 is 7.58. The number of para-hydroxylation sites is 1. The molecule has 8 nitrogen and oxygen atoms in total. The van der Waals surface area contributed by atoms with Gasteiger partial charge in [-0.25, -0.2) is 9.97 Å². The Morgan fingerprint density at radius 3 is 2.28 bits per heavy atom. The van der Waals surface area contributed by atoms with E-state index in [0.717, 1.165) is 16.8 Å². The number of amides is 1. The van der Waals surface area contributed by atoms with Gasteiger partial charge in [-0.15, -0.1) is 0 Å². The highest BCUT2D eigenvalue weighted by Gasteiger charge is 2.18. The fraction of sp³-hybridized carbons (Fsp3) is 0.143. The zero-order valence-corrected chi connectivity index (χ0v) is 19.8. The summed E-state index contributed by atoms with van der Waals surface area (Å²) in [4.78, 5) is 34.5. The number of carbonyl (C=O) groups excluding carboxylic acids is 1. The number of hydrogen-bond donors (Lipinski definition) is 2. The molecule has 0 bridgehead atoms. The molecule has 0 aliphatic heterocycles. The van der Waals surface area contributed by atoms with Crippen molar-refractivity contribution in [3.05, 3.63) is 101 Å². The van der Waals surface area contributed by atoms with Gasteiger partial charge in [0, 0.05) is 30.5 Å². The van der Waals surface area contributed by atoms with Crippen molar-refractivity contribution in [3.63, 3.8) is 0 Å². The van der Waals surface area contributed by atoms with Crippen molar-refractivity contribution in [2.24, 2.45) is 0 Å². The number of hydrazine groups is 1. The highest BCUT2D eigenvalue weighted by atomic mass is 16.4. The van der Waals surface area contributed by atoms with Gasteiger partial charge in [-0.05, 0) is 19.1 Å². The number of nitrogens with one attached hydrogen (secondary N) is 2. The summed E-state index contributed by atoms with van der Waals surface area (Å²) in [5, 5.41) is 0.531. The first kappa shape index (κ1) is 23.0. The molecule has 0 aliphatic rings. The molecule has 8 heteroatoms. The van der Waals surface area contributed by atoms with Crippen LogP contribution in [0.3, 0.4) is 0 Å². The summed E-state index contributed by atoms with van der Waals surface area (Å²) >= 11 is 0. The first-order chi connectivity index (χ1) is 17.6. The summed E-state index contributed by atoms with van der Waals surface area (Å²) in [7, 11) is 0. The molecule has 36 heavy (non-hydrogen) atoms. The van der Waals surface area contributed by atoms with Gasteiger partial charge in [-0.2, -0.15) is 0 Å². The van der Waals surface area contributed by atoms with E-state index in [-0.39, 0.29) is 23.8 Å². The topological polar surface area (TPSA) is 102 Å². The van der Waals surface area contributed by atoms with Gasteiger partial charge in [0.05, 0.1) is 10.9 Å². The Morgan fingerprint density at radius 1 is 0.889 bits per heavy atom. The number of anilines is 1. The monoisotopic (exact) mass is 479 g/mol. The molecule has 0 saturated heterocycles. The van der Waals surface area contributed by atoms with E-state index in [2.05, 4.69) is 15.8 Å². The molecule has 1 amide bonds. The van der Waals surface area contributed by atoms with Crippen LogP contribution < -0.4 is 16.4 Å². The third-order valence-corrected chi connectivity index (χ3v) is 5.81. The minimum absolute atomic E-state index is 0.139. The van der Waals surface area contributed by atoms with E-state index in [1.165, 1.54) is 4.57 Å². The lowest BCUT2D eigenvalue weighted by Crippen LogP contribution is -2.34. The van der Waals surface area contributed by atoms with Crippen molar-refractivity contribution < 1.29 is 9.21 Å². The Labute approximate surface area is 207 Å². The van der Waals surface area contributed by atoms with E-state index in [4.69, 9.17) is 9.40 Å². The summed E-state index contributed by atoms with van der Waals surface area (Å²) in [6.45, 7) is 2.26. The summed E-state index contributed by atoms with van der Waals surface area (Å²) in [5.41, 5.74) is 8.44. The third-order valence-electron chi connectivity index (χ3n) is 5.81. The van der Waals surface area contributed by atoms with Crippen LogP contribution in [-0.2, 0) is 17.8 Å². The number of rotatable bonds is 8. The number of hydrogen-bond acceptors (Lipinski definition) is 6. The Morgan fingerprint density at radius 2 is 1.56 bits per heavy atom. The molecular formula is C28H25N5O3. The average Bonchev–Trinajstić information content (AvgIpc) is 3.36. The fourth-order valence-electron chi connectivity index (χ4n) is 4.01. The second kappa shape index (κ2) is 10.3. The standard InChI is InChI=1S/C28H25N5O3/c1-2-33-27(35)21-15-9-10-16-22(21)29-28(33)32-31-23(34)17-18-24-30-25(19-11-5-3-6-12-19)26(36-24)20-13-7-4-8-14-20/h3-16H,2,17-18H2,1H3,(H,29,32)(H,31,34). The number of carbonyl (C=O) groups is 1. The maximum Gasteiger partial charge on any atom is 0.262 e. The zero-order chi connectivity index (χ0) is 24.9. The number of aryl methyl sites for hydroxylation is 1. The number of aromatic nitrogens is 3. The zero-order valence-electron chi connectivity index (χ0n) is 19.8. The van der Waals surface area contributed by atoms with Crippen molar-refractivity contribution >= 4 is 22.8 Å². The molecule has 5 aromatic rings. The van der Waals surface area contributed by atoms with Gasteiger partial charge >= 0.3 is 0 Å². The normalized spacial score (nSPS) is 10.9. The molecular weight excluding hydrogens is 454 g/mol. The van der Waals surface area contributed by atoms with Crippen molar-refractivity contribution in [2.75, 3.05) is 5.43 Å². The number of nitrogens with zero attached hydrogens (tertiary/aromatic N) is 3. The molecule has 0 atom stereocenters. The molecule has 3 aromatic carbocycles. The SMILES string of the molecule is CCn1c(NNC(=O)CCc2nc(-c3ccccc3)c(-c3ccccc3)o2)nc2ccccc2c1=O. The highest BCUT2D eigenvalue weighted by molar-refractivity contribution is 5.80. The number of benzene rings is 3. The lowest BCUT2D eigenvalue weighted by Gasteiger charge is -2.13. The van der Waals surface area contributed by atoms with Crippen molar-refractivity contribution in [1.29, 1.82) is 0 Å². The molecule has 0 unspecified atom stereocenters. The van der Waals surface area contributed by atoms with Crippen molar-refractivity contribution in [2.45, 2.75) is 26.3 Å². The molecule has 0 aliphatic carbocycles. The van der Waals surface area contributed by atoms with Crippen LogP contribution in [0.2, 0.25) is 0 Å². The molecule has 2 N–H and O–H groups in total. The fourth-order valence-corrected chi connectivity index (χ4v) is 4.01. The minimum atomic E-state index is -0.277. The molecule has 180 valence electrons. The van der Waals surface area contributed by atoms with Crippen LogP contribution in [0.25, 0.3) is 33.5 Å². The second-order valence-electron chi connectivity index (χ2n) is 8.19. The molecule has 0 radical (unpaired) electrons. The van der Waals surface area contributed by atoms with E-state index in [0.29, 0.717) is 35.5 Å². The largest absolute Gasteiger partial charge is 0.440 e. The lowest BCUT2D eigenvalue weighted by molar-refractivity contribution is -0.120. The smallest absolute Gasteiger partial charge is 0.262 e. The van der Waals surface area contributed by atoms with E-state index in [1.807, 2.05) is 73.7 Å². The Bertz CT molecular complexity index is 1500. The van der Waals surface area contributed by atoms with Crippen LogP contribution >= 0.6 is 0 Å². The average molecular weight is 480 g/mol. The van der Waals surface area contributed by atoms with E-state index in [9.17, 15) is 9.59 Å². The predicted molar refractivity (Wildman–Crippen MR) is 139 cm³/mol. The van der Waals surface area contributed by atoms with E-state index >= 15 is 0 Å². The van der Waals surface area contributed by atoms with Gasteiger partial charge in [-0.1, -0.05) is 72.8 Å². The van der Waals surface area contributed by atoms with Gasteiger partial charge in [-0.3, -0.25) is 25.0 Å². The van der Waals surface area contributed by atoms with Crippen molar-refractivity contribution in [3.8, 4) is 22.6 Å². The summed E-state index contributed by atoms with van der Waals surface area (Å²) in [6, 6.07) is 26.7. The van der Waals surface area contributed by atoms with Crippen molar-refractivity contribution in [1.82, 2.24) is 20.0 Å². The second-order valence-corrected chi connectivity index (χ2v) is 8.19. The number of oxazole rings is 1. The lowest BCUT2D eigenvalue weighted by atomic mass is 10.1. The van der Waals surface area contributed by atoms with Crippen LogP contribution in [0.1, 0.15) is 19.2 Å². The van der Waals surface area contributed by atoms with Gasteiger partial charge in [0.1, 0.15) is 5.69 Å². The van der Waals surface area contributed by atoms with Gasteiger partial charge in [0.25, 0.3) is 5.56 Å². The van der Waals surface area contributed by atoms with E-state index < -0.39 is 0 Å². The first-order valence-corrected chi connectivity index (χ1v) is 11.8. The van der Waals surface area contributed by atoms with Gasteiger partial charge in [0.15, 0.2) is 11.7 Å². The summed E-state index contributed by atoms with van der Waals surface area (Å²) in [5.74, 6) is 1.14. The van der Waals surface area contributed by atoms with Crippen LogP contribution in [-0.4, -0.2) is 20.4 Å². The number of fused-ring (bicyclic) bond motifs is 1. The highest BCUT2D eigenvalue weighted by Crippen LogP contribution is 2.32. The van der Waals surface area contributed by atoms with Crippen LogP contribution in [0.5, 0.6) is 0 Å². The first-order valence-electron chi connectivity index (χ1n) is 11.8. The molecule has 0 spiro atoms. The Kier molecular flexibility index (Phi) is 6.57. The molecule has 0 saturated carbocycles. The molecule has 2 heterocycles. The molecule has 2 aromatic heterocycles. The molecule has 0 fully saturated rings. The minimum Gasteiger partial charge on any atom is -0.440 e. The van der Waals surface area contributed by atoms with Gasteiger partial charge in [0.2, 0.25) is 11.9 Å². The summed E-state index contributed by atoms with van der Waals surface area (Å²) in [6.07, 6.45) is 0.450. The van der Waals surface area contributed by atoms with Crippen LogP contribution in [0, 0.1) is 0 Å². The third kappa shape index (κ3) is 4.74. The maximum absolute atomic E-state index is 12.8. The van der Waals surface area contributed by atoms with Gasteiger partial charge < -0.3 is 4.42 Å². The van der Waals surface area contributed by atoms with Crippen LogP contribution in [0.4, 0.5) is 5.95 Å². The van der Waals surface area contributed by atoms with E-state index in [1.54, 1.807) is 18.2 Å². The molecule has 5 rings (SSSR count). The Hall–Kier alpha value is -4.72. The predicted octanol–water partition coefficient (Wildman–Crippen LogP) is 4.81. The Balaban J connectivity index is 1.31.